The Balaban J connectivity index is 1.42. The number of nitrogens with one attached hydrogen (secondary N) is 2. The molecule has 1 aliphatic rings. The average Bonchev–Trinajstić information content (AvgIpc) is 3.10. The molecule has 1 unspecified atom stereocenters. The maximum absolute atomic E-state index is 13.3. The monoisotopic (exact) mass is 346 g/mol. The van der Waals surface area contributed by atoms with E-state index in [1.165, 1.54) is 6.07 Å². The van der Waals surface area contributed by atoms with E-state index in [1.54, 1.807) is 18.5 Å². The van der Waals surface area contributed by atoms with Crippen molar-refractivity contribution < 1.29 is 13.6 Å². The summed E-state index contributed by atoms with van der Waals surface area (Å²) in [5.41, 5.74) is 1.60. The number of nitrogens with zero attached hydrogens (tertiary/aromatic N) is 2. The van der Waals surface area contributed by atoms with Crippen LogP contribution < -0.4 is 15.5 Å². The molecule has 1 atom stereocenters. The van der Waals surface area contributed by atoms with Gasteiger partial charge in [-0.05, 0) is 36.1 Å². The molecular weight excluding hydrogens is 326 g/mol. The number of hydrogen-bond donors (Lipinski definition) is 2. The molecule has 7 heteroatoms. The number of amides is 2. The molecule has 2 N–H and O–H groups in total. The summed E-state index contributed by atoms with van der Waals surface area (Å²) in [4.78, 5) is 17.9. The molecule has 132 valence electrons. The van der Waals surface area contributed by atoms with Gasteiger partial charge in [0, 0.05) is 50.3 Å². The number of carbonyl (C=O) groups is 1. The minimum absolute atomic E-state index is 0.227. The molecule has 2 amide bonds. The van der Waals surface area contributed by atoms with Gasteiger partial charge in [0.1, 0.15) is 0 Å². The van der Waals surface area contributed by atoms with E-state index in [0.29, 0.717) is 25.3 Å². The summed E-state index contributed by atoms with van der Waals surface area (Å²) in [5, 5.41) is 5.64. The lowest BCUT2D eigenvalue weighted by molar-refractivity contribution is 0.239. The van der Waals surface area contributed by atoms with Gasteiger partial charge in [-0.25, -0.2) is 13.6 Å². The summed E-state index contributed by atoms with van der Waals surface area (Å²) in [6.45, 7) is 2.42. The fourth-order valence-electron chi connectivity index (χ4n) is 2.90. The Hall–Kier alpha value is -2.70. The summed E-state index contributed by atoms with van der Waals surface area (Å²) in [7, 11) is 0. The lowest BCUT2D eigenvalue weighted by Crippen LogP contribution is -2.38. The molecule has 25 heavy (non-hydrogen) atoms. The summed E-state index contributed by atoms with van der Waals surface area (Å²) in [5.74, 6) is -1.41. The lowest BCUT2D eigenvalue weighted by atomic mass is 10.1. The van der Waals surface area contributed by atoms with E-state index in [1.807, 2.05) is 17.0 Å². The molecule has 2 aromatic rings. The zero-order valence-corrected chi connectivity index (χ0v) is 13.7. The summed E-state index contributed by atoms with van der Waals surface area (Å²) in [6, 6.07) is 7.42. The van der Waals surface area contributed by atoms with Crippen LogP contribution in [0.25, 0.3) is 0 Å². The Labute approximate surface area is 145 Å². The number of benzene rings is 1. The summed E-state index contributed by atoms with van der Waals surface area (Å²) >= 11 is 0. The number of halogens is 2. The number of rotatable bonds is 5. The maximum Gasteiger partial charge on any atom is 0.315 e. The Morgan fingerprint density at radius 3 is 2.88 bits per heavy atom. The Morgan fingerprint density at radius 2 is 2.12 bits per heavy atom. The Morgan fingerprint density at radius 1 is 1.24 bits per heavy atom. The van der Waals surface area contributed by atoms with Gasteiger partial charge in [-0.1, -0.05) is 6.07 Å². The van der Waals surface area contributed by atoms with Gasteiger partial charge in [-0.15, -0.1) is 0 Å². The Kier molecular flexibility index (Phi) is 5.42. The van der Waals surface area contributed by atoms with Crippen molar-refractivity contribution in [1.82, 2.24) is 15.6 Å². The number of urea groups is 1. The first-order valence-corrected chi connectivity index (χ1v) is 8.22. The van der Waals surface area contributed by atoms with Gasteiger partial charge >= 0.3 is 6.03 Å². The minimum Gasteiger partial charge on any atom is -0.371 e. The number of aromatic nitrogens is 1. The van der Waals surface area contributed by atoms with Gasteiger partial charge in [-0.3, -0.25) is 4.98 Å². The Bertz CT molecular complexity index is 726. The normalized spacial score (nSPS) is 16.7. The van der Waals surface area contributed by atoms with Crippen molar-refractivity contribution in [2.45, 2.75) is 13.0 Å². The fourth-order valence-corrected chi connectivity index (χ4v) is 2.90. The van der Waals surface area contributed by atoms with Crippen LogP contribution in [0.1, 0.15) is 12.0 Å². The van der Waals surface area contributed by atoms with Crippen molar-refractivity contribution in [2.24, 2.45) is 5.92 Å². The number of pyridine rings is 1. The topological polar surface area (TPSA) is 57.3 Å². The number of hydrogen-bond acceptors (Lipinski definition) is 3. The van der Waals surface area contributed by atoms with E-state index in [9.17, 15) is 13.6 Å². The molecule has 0 aliphatic carbocycles. The molecule has 1 aromatic carbocycles. The van der Waals surface area contributed by atoms with Gasteiger partial charge in [0.05, 0.1) is 0 Å². The van der Waals surface area contributed by atoms with E-state index >= 15 is 0 Å². The highest BCUT2D eigenvalue weighted by molar-refractivity contribution is 5.73. The average molecular weight is 346 g/mol. The quantitative estimate of drug-likeness (QED) is 0.875. The first-order chi connectivity index (χ1) is 12.1. The predicted molar refractivity (Wildman–Crippen MR) is 91.2 cm³/mol. The molecule has 2 heterocycles. The van der Waals surface area contributed by atoms with E-state index in [2.05, 4.69) is 15.6 Å². The van der Waals surface area contributed by atoms with Crippen molar-refractivity contribution in [3.63, 3.8) is 0 Å². The van der Waals surface area contributed by atoms with Crippen molar-refractivity contribution in [3.05, 3.63) is 59.9 Å². The van der Waals surface area contributed by atoms with E-state index in [0.717, 1.165) is 24.6 Å². The highest BCUT2D eigenvalue weighted by Gasteiger charge is 2.23. The summed E-state index contributed by atoms with van der Waals surface area (Å²) < 4.78 is 26.4. The number of anilines is 1. The fraction of sp³-hybridized carbons (Fsp3) is 0.333. The van der Waals surface area contributed by atoms with Gasteiger partial charge in [0.25, 0.3) is 0 Å². The van der Waals surface area contributed by atoms with E-state index in [-0.39, 0.29) is 11.9 Å². The van der Waals surface area contributed by atoms with Crippen LogP contribution in [0.4, 0.5) is 19.3 Å². The first kappa shape index (κ1) is 17.1. The smallest absolute Gasteiger partial charge is 0.315 e. The first-order valence-electron chi connectivity index (χ1n) is 8.22. The second kappa shape index (κ2) is 7.92. The molecule has 0 spiro atoms. The van der Waals surface area contributed by atoms with Crippen LogP contribution in [-0.2, 0) is 6.54 Å². The van der Waals surface area contributed by atoms with Crippen LogP contribution >= 0.6 is 0 Å². The molecule has 5 nitrogen and oxygen atoms in total. The molecule has 0 radical (unpaired) electrons. The molecule has 1 aliphatic heterocycles. The van der Waals surface area contributed by atoms with E-state index < -0.39 is 11.6 Å². The van der Waals surface area contributed by atoms with E-state index in [4.69, 9.17) is 0 Å². The van der Waals surface area contributed by atoms with Crippen LogP contribution in [0.3, 0.4) is 0 Å². The van der Waals surface area contributed by atoms with Crippen LogP contribution in [0.5, 0.6) is 0 Å². The van der Waals surface area contributed by atoms with Gasteiger partial charge < -0.3 is 15.5 Å². The zero-order valence-electron chi connectivity index (χ0n) is 13.7. The third-order valence-corrected chi connectivity index (χ3v) is 4.28. The molecule has 0 saturated carbocycles. The van der Waals surface area contributed by atoms with Crippen molar-refractivity contribution in [3.8, 4) is 0 Å². The van der Waals surface area contributed by atoms with Gasteiger partial charge in [0.2, 0.25) is 0 Å². The molecule has 1 aromatic heterocycles. The second-order valence-electron chi connectivity index (χ2n) is 6.12. The van der Waals surface area contributed by atoms with Crippen LogP contribution in [-0.4, -0.2) is 30.6 Å². The standard InChI is InChI=1S/C18H20F2N4O/c19-16-4-3-15(8-17(16)20)24-7-5-14(12-24)11-23-18(25)22-10-13-2-1-6-21-9-13/h1-4,6,8-9,14H,5,7,10-12H2,(H2,22,23,25). The van der Waals surface area contributed by atoms with Gasteiger partial charge in [0.15, 0.2) is 11.6 Å². The highest BCUT2D eigenvalue weighted by Crippen LogP contribution is 2.24. The third-order valence-electron chi connectivity index (χ3n) is 4.28. The molecule has 1 fully saturated rings. The highest BCUT2D eigenvalue weighted by atomic mass is 19.2. The number of carbonyl (C=O) groups excluding carboxylic acids is 1. The molecule has 3 rings (SSSR count). The van der Waals surface area contributed by atoms with Crippen molar-refractivity contribution >= 4 is 11.7 Å². The van der Waals surface area contributed by atoms with Crippen molar-refractivity contribution in [1.29, 1.82) is 0 Å². The maximum atomic E-state index is 13.3. The van der Waals surface area contributed by atoms with Gasteiger partial charge in [-0.2, -0.15) is 0 Å². The van der Waals surface area contributed by atoms with Crippen LogP contribution in [0.15, 0.2) is 42.7 Å². The summed E-state index contributed by atoms with van der Waals surface area (Å²) in [6.07, 6.45) is 4.28. The third kappa shape index (κ3) is 4.65. The minimum atomic E-state index is -0.841. The molecule has 1 saturated heterocycles. The van der Waals surface area contributed by atoms with Crippen molar-refractivity contribution in [2.75, 3.05) is 24.5 Å². The SMILES string of the molecule is O=C(NCc1cccnc1)NCC1CCN(c2ccc(F)c(F)c2)C1. The zero-order chi connectivity index (χ0) is 17.6. The van der Waals surface area contributed by atoms with Crippen LogP contribution in [0.2, 0.25) is 0 Å². The van der Waals surface area contributed by atoms with Crippen LogP contribution in [0, 0.1) is 17.6 Å². The molecule has 0 bridgehead atoms. The second-order valence-corrected chi connectivity index (χ2v) is 6.12. The lowest BCUT2D eigenvalue weighted by Gasteiger charge is -2.19. The molecular formula is C18H20F2N4O. The predicted octanol–water partition coefficient (Wildman–Crippen LogP) is 2.69. The largest absolute Gasteiger partial charge is 0.371 e.